The van der Waals surface area contributed by atoms with Crippen molar-refractivity contribution in [2.45, 2.75) is 0 Å². The number of methoxy groups -OCH3 is 3. The van der Waals surface area contributed by atoms with Crippen LogP contribution in [0, 0.1) is 11.3 Å². The van der Waals surface area contributed by atoms with E-state index in [1.54, 1.807) is 36.4 Å². The molecule has 0 spiro atoms. The van der Waals surface area contributed by atoms with Gasteiger partial charge in [0.1, 0.15) is 17.4 Å². The molecule has 0 aliphatic carbocycles. The third-order valence-electron chi connectivity index (χ3n) is 3.49. The van der Waals surface area contributed by atoms with Gasteiger partial charge < -0.3 is 19.5 Å². The Morgan fingerprint density at radius 1 is 1.04 bits per heavy atom. The number of benzene rings is 2. The Bertz CT molecular complexity index is 888. The van der Waals surface area contributed by atoms with E-state index in [0.29, 0.717) is 33.5 Å². The minimum absolute atomic E-state index is 0.0685. The summed E-state index contributed by atoms with van der Waals surface area (Å²) in [6.07, 6.45) is 1.45. The number of carbonyl (C=O) groups excluding carboxylic acids is 1. The van der Waals surface area contributed by atoms with Crippen molar-refractivity contribution in [1.82, 2.24) is 0 Å². The van der Waals surface area contributed by atoms with E-state index in [1.807, 2.05) is 6.07 Å². The van der Waals surface area contributed by atoms with Crippen molar-refractivity contribution >= 4 is 29.3 Å². The van der Waals surface area contributed by atoms with Crippen LogP contribution in [0.2, 0.25) is 5.02 Å². The number of rotatable bonds is 6. The molecular formula is C19H17ClN2O4. The Hall–Kier alpha value is -3.17. The smallest absolute Gasteiger partial charge is 0.266 e. The first-order valence-corrected chi connectivity index (χ1v) is 7.89. The first-order chi connectivity index (χ1) is 12.5. The van der Waals surface area contributed by atoms with Gasteiger partial charge in [0.2, 0.25) is 0 Å². The van der Waals surface area contributed by atoms with E-state index in [9.17, 15) is 10.1 Å². The lowest BCUT2D eigenvalue weighted by molar-refractivity contribution is -0.112. The summed E-state index contributed by atoms with van der Waals surface area (Å²) >= 11 is 6.06. The molecule has 0 heterocycles. The normalized spacial score (nSPS) is 10.7. The maximum absolute atomic E-state index is 12.4. The fraction of sp³-hybridized carbons (Fsp3) is 0.158. The number of halogens is 1. The summed E-state index contributed by atoms with van der Waals surface area (Å²) in [5, 5.41) is 12.3. The summed E-state index contributed by atoms with van der Waals surface area (Å²) in [6.45, 7) is 0. The van der Waals surface area contributed by atoms with E-state index in [1.165, 1.54) is 27.4 Å². The summed E-state index contributed by atoms with van der Waals surface area (Å²) in [5.41, 5.74) is 1.01. The van der Waals surface area contributed by atoms with E-state index in [4.69, 9.17) is 25.8 Å². The Balaban J connectivity index is 2.24. The number of ether oxygens (including phenoxy) is 3. The Kier molecular flexibility index (Phi) is 6.48. The number of nitrogens with zero attached hydrogens (tertiary/aromatic N) is 1. The highest BCUT2D eigenvalue weighted by Gasteiger charge is 2.12. The van der Waals surface area contributed by atoms with Gasteiger partial charge in [0, 0.05) is 11.8 Å². The predicted octanol–water partition coefficient (Wildman–Crippen LogP) is 3.91. The highest BCUT2D eigenvalue weighted by atomic mass is 35.5. The van der Waals surface area contributed by atoms with E-state index in [0.717, 1.165) is 0 Å². The third-order valence-corrected chi connectivity index (χ3v) is 3.79. The van der Waals surface area contributed by atoms with Crippen molar-refractivity contribution < 1.29 is 19.0 Å². The highest BCUT2D eigenvalue weighted by Crippen LogP contribution is 2.30. The van der Waals surface area contributed by atoms with Crippen LogP contribution in [-0.2, 0) is 4.79 Å². The zero-order chi connectivity index (χ0) is 19.1. The number of carbonyl (C=O) groups is 1. The first kappa shape index (κ1) is 19.2. The van der Waals surface area contributed by atoms with Gasteiger partial charge in [-0.15, -0.1) is 0 Å². The zero-order valence-corrected chi connectivity index (χ0v) is 15.3. The molecule has 1 N–H and O–H groups in total. The van der Waals surface area contributed by atoms with Crippen LogP contribution < -0.4 is 19.5 Å². The van der Waals surface area contributed by atoms with Crippen LogP contribution in [0.1, 0.15) is 5.56 Å². The Labute approximate surface area is 156 Å². The van der Waals surface area contributed by atoms with Crippen molar-refractivity contribution in [3.05, 3.63) is 52.6 Å². The minimum Gasteiger partial charge on any atom is -0.495 e. The highest BCUT2D eigenvalue weighted by molar-refractivity contribution is 6.32. The molecule has 1 amide bonds. The van der Waals surface area contributed by atoms with Gasteiger partial charge in [-0.25, -0.2) is 0 Å². The summed E-state index contributed by atoms with van der Waals surface area (Å²) in [6, 6.07) is 11.8. The van der Waals surface area contributed by atoms with Crippen molar-refractivity contribution in [3.63, 3.8) is 0 Å². The van der Waals surface area contributed by atoms with Crippen molar-refractivity contribution in [2.75, 3.05) is 26.6 Å². The molecule has 2 aromatic rings. The summed E-state index contributed by atoms with van der Waals surface area (Å²) in [4.78, 5) is 12.4. The number of amides is 1. The predicted molar refractivity (Wildman–Crippen MR) is 99.8 cm³/mol. The lowest BCUT2D eigenvalue weighted by atomic mass is 10.1. The monoisotopic (exact) mass is 372 g/mol. The van der Waals surface area contributed by atoms with Gasteiger partial charge in [-0.2, -0.15) is 5.26 Å². The second kappa shape index (κ2) is 8.79. The number of hydrogen-bond acceptors (Lipinski definition) is 5. The Morgan fingerprint density at radius 3 is 2.27 bits per heavy atom. The van der Waals surface area contributed by atoms with Crippen LogP contribution in [0.25, 0.3) is 6.08 Å². The molecule has 0 unspecified atom stereocenters. The van der Waals surface area contributed by atoms with E-state index < -0.39 is 5.91 Å². The maximum Gasteiger partial charge on any atom is 0.266 e. The van der Waals surface area contributed by atoms with Crippen molar-refractivity contribution in [2.24, 2.45) is 0 Å². The van der Waals surface area contributed by atoms with E-state index in [2.05, 4.69) is 5.32 Å². The molecule has 2 rings (SSSR count). The maximum atomic E-state index is 12.4. The molecule has 134 valence electrons. The molecule has 2 aromatic carbocycles. The van der Waals surface area contributed by atoms with E-state index >= 15 is 0 Å². The molecule has 0 atom stereocenters. The van der Waals surface area contributed by atoms with Gasteiger partial charge in [-0.1, -0.05) is 17.7 Å². The third kappa shape index (κ3) is 4.47. The van der Waals surface area contributed by atoms with Crippen molar-refractivity contribution in [1.29, 1.82) is 5.26 Å². The van der Waals surface area contributed by atoms with E-state index in [-0.39, 0.29) is 5.57 Å². The number of nitriles is 1. The summed E-state index contributed by atoms with van der Waals surface area (Å²) < 4.78 is 15.4. The van der Waals surface area contributed by atoms with Gasteiger partial charge in [-0.3, -0.25) is 4.79 Å². The van der Waals surface area contributed by atoms with Crippen molar-refractivity contribution in [3.8, 4) is 23.3 Å². The quantitative estimate of drug-likeness (QED) is 0.614. The number of hydrogen-bond donors (Lipinski definition) is 1. The molecule has 0 aliphatic heterocycles. The number of nitrogens with one attached hydrogen (secondary N) is 1. The van der Waals surface area contributed by atoms with Crippen LogP contribution >= 0.6 is 11.6 Å². The lowest BCUT2D eigenvalue weighted by Crippen LogP contribution is -2.13. The molecule has 0 saturated heterocycles. The SMILES string of the molecule is COc1ccc(/C=C(\C#N)C(=O)Nc2ccc(OC)c(OC)c2)cc1Cl. The molecule has 0 fully saturated rings. The largest absolute Gasteiger partial charge is 0.495 e. The average Bonchev–Trinajstić information content (AvgIpc) is 2.65. The molecule has 0 radical (unpaired) electrons. The fourth-order valence-electron chi connectivity index (χ4n) is 2.20. The second-order valence-corrected chi connectivity index (χ2v) is 5.49. The Morgan fingerprint density at radius 2 is 1.69 bits per heavy atom. The van der Waals surface area contributed by atoms with Gasteiger partial charge in [0.15, 0.2) is 11.5 Å². The average molecular weight is 373 g/mol. The number of anilines is 1. The van der Waals surface area contributed by atoms with Crippen LogP contribution in [0.5, 0.6) is 17.2 Å². The fourth-order valence-corrected chi connectivity index (χ4v) is 2.47. The molecule has 0 aliphatic rings. The molecule has 0 aromatic heterocycles. The summed E-state index contributed by atoms with van der Waals surface area (Å²) in [7, 11) is 4.53. The van der Waals surface area contributed by atoms with Crippen LogP contribution in [0.15, 0.2) is 42.0 Å². The molecular weight excluding hydrogens is 356 g/mol. The van der Waals surface area contributed by atoms with Gasteiger partial charge >= 0.3 is 0 Å². The summed E-state index contributed by atoms with van der Waals surface area (Å²) in [5.74, 6) is 0.966. The molecule has 0 saturated carbocycles. The molecule has 7 heteroatoms. The molecule has 0 bridgehead atoms. The molecule has 26 heavy (non-hydrogen) atoms. The zero-order valence-electron chi connectivity index (χ0n) is 14.5. The topological polar surface area (TPSA) is 80.6 Å². The van der Waals surface area contributed by atoms with Gasteiger partial charge in [0.05, 0.1) is 26.4 Å². The van der Waals surface area contributed by atoms with Crippen LogP contribution in [0.3, 0.4) is 0 Å². The molecule has 6 nitrogen and oxygen atoms in total. The van der Waals surface area contributed by atoms with Gasteiger partial charge in [-0.05, 0) is 35.9 Å². The second-order valence-electron chi connectivity index (χ2n) is 5.09. The lowest BCUT2D eigenvalue weighted by Gasteiger charge is -2.10. The standard InChI is InChI=1S/C19H17ClN2O4/c1-24-16-6-4-12(9-15(16)20)8-13(11-21)19(23)22-14-5-7-17(25-2)18(10-14)26-3/h4-10H,1-3H3,(H,22,23)/b13-8+. The van der Waals surface area contributed by atoms with Crippen LogP contribution in [-0.4, -0.2) is 27.2 Å². The minimum atomic E-state index is -0.549. The first-order valence-electron chi connectivity index (χ1n) is 7.51. The van der Waals surface area contributed by atoms with Gasteiger partial charge in [0.25, 0.3) is 5.91 Å². The van der Waals surface area contributed by atoms with Crippen LogP contribution in [0.4, 0.5) is 5.69 Å².